The number of carboxylic acids is 1. The van der Waals surface area contributed by atoms with Crippen molar-refractivity contribution in [2.75, 3.05) is 5.32 Å². The summed E-state index contributed by atoms with van der Waals surface area (Å²) in [5.74, 6) is -0.563. The molecule has 0 heterocycles. The summed E-state index contributed by atoms with van der Waals surface area (Å²) in [4.78, 5) is 23.4. The molecule has 0 saturated heterocycles. The fourth-order valence-electron chi connectivity index (χ4n) is 2.33. The first-order valence-electron chi connectivity index (χ1n) is 7.75. The lowest BCUT2D eigenvalue weighted by Crippen LogP contribution is -2.16. The van der Waals surface area contributed by atoms with Gasteiger partial charge < -0.3 is 15.2 Å². The van der Waals surface area contributed by atoms with Crippen LogP contribution >= 0.6 is 0 Å². The lowest BCUT2D eigenvalue weighted by molar-refractivity contribution is -0.115. The highest BCUT2D eigenvalue weighted by atomic mass is 16.5. The van der Waals surface area contributed by atoms with Crippen LogP contribution in [-0.4, -0.2) is 23.1 Å². The van der Waals surface area contributed by atoms with Crippen molar-refractivity contribution in [3.05, 3.63) is 59.2 Å². The Bertz CT molecular complexity index is 753. The molecule has 2 rings (SSSR count). The number of hydrogen-bond acceptors (Lipinski definition) is 3. The minimum Gasteiger partial charge on any atom is -0.491 e. The average Bonchev–Trinajstić information content (AvgIpc) is 2.50. The third kappa shape index (κ3) is 4.59. The van der Waals surface area contributed by atoms with Crippen LogP contribution in [0.25, 0.3) is 0 Å². The highest BCUT2D eigenvalue weighted by molar-refractivity contribution is 5.95. The van der Waals surface area contributed by atoms with Crippen molar-refractivity contribution in [2.24, 2.45) is 0 Å². The van der Waals surface area contributed by atoms with E-state index in [1.54, 1.807) is 19.1 Å². The molecule has 5 heteroatoms. The summed E-state index contributed by atoms with van der Waals surface area (Å²) in [6.45, 7) is 5.57. The molecule has 0 aliphatic rings. The van der Waals surface area contributed by atoms with Crippen LogP contribution < -0.4 is 10.1 Å². The van der Waals surface area contributed by atoms with Crippen molar-refractivity contribution in [1.29, 1.82) is 0 Å². The zero-order valence-electron chi connectivity index (χ0n) is 14.0. The lowest BCUT2D eigenvalue weighted by Gasteiger charge is -2.14. The van der Waals surface area contributed by atoms with E-state index in [-0.39, 0.29) is 24.0 Å². The molecule has 24 heavy (non-hydrogen) atoms. The number of hydrogen-bond donors (Lipinski definition) is 2. The maximum Gasteiger partial charge on any atom is 0.336 e. The Morgan fingerprint density at radius 3 is 2.54 bits per heavy atom. The van der Waals surface area contributed by atoms with Crippen molar-refractivity contribution in [2.45, 2.75) is 33.3 Å². The second-order valence-electron chi connectivity index (χ2n) is 5.83. The van der Waals surface area contributed by atoms with E-state index >= 15 is 0 Å². The van der Waals surface area contributed by atoms with E-state index in [4.69, 9.17) is 9.84 Å². The molecule has 0 atom stereocenters. The van der Waals surface area contributed by atoms with Gasteiger partial charge in [-0.3, -0.25) is 4.79 Å². The fourth-order valence-corrected chi connectivity index (χ4v) is 2.33. The van der Waals surface area contributed by atoms with Crippen molar-refractivity contribution >= 4 is 17.6 Å². The number of carbonyl (C=O) groups excluding carboxylic acids is 1. The number of amides is 1. The van der Waals surface area contributed by atoms with Crippen LogP contribution in [0.1, 0.15) is 35.3 Å². The molecule has 126 valence electrons. The second kappa shape index (κ2) is 7.64. The number of carboxylic acid groups (broad SMARTS) is 1. The number of nitrogens with one attached hydrogen (secondary N) is 1. The van der Waals surface area contributed by atoms with Crippen molar-refractivity contribution in [1.82, 2.24) is 0 Å². The molecule has 0 saturated carbocycles. The molecule has 0 aliphatic heterocycles. The number of para-hydroxylation sites is 1. The third-order valence-corrected chi connectivity index (χ3v) is 3.44. The highest BCUT2D eigenvalue weighted by Crippen LogP contribution is 2.21. The summed E-state index contributed by atoms with van der Waals surface area (Å²) in [5.41, 5.74) is 2.08. The van der Waals surface area contributed by atoms with Gasteiger partial charge >= 0.3 is 5.97 Å². The number of aromatic carboxylic acids is 1. The summed E-state index contributed by atoms with van der Waals surface area (Å²) in [6.07, 6.45) is 0.170. The smallest absolute Gasteiger partial charge is 0.336 e. The Labute approximate surface area is 141 Å². The molecule has 0 aliphatic carbocycles. The van der Waals surface area contributed by atoms with Gasteiger partial charge in [-0.05, 0) is 44.5 Å². The summed E-state index contributed by atoms with van der Waals surface area (Å²) in [6, 6.07) is 12.2. The van der Waals surface area contributed by atoms with E-state index in [9.17, 15) is 9.59 Å². The molecule has 2 N–H and O–H groups in total. The molecule has 2 aromatic carbocycles. The van der Waals surface area contributed by atoms with E-state index in [0.717, 1.165) is 5.56 Å². The molecule has 1 amide bonds. The summed E-state index contributed by atoms with van der Waals surface area (Å²) in [7, 11) is 0. The number of anilines is 1. The Hall–Kier alpha value is -2.82. The molecule has 0 aromatic heterocycles. The van der Waals surface area contributed by atoms with Gasteiger partial charge in [0.25, 0.3) is 0 Å². The van der Waals surface area contributed by atoms with Crippen LogP contribution in [0.5, 0.6) is 5.75 Å². The number of benzene rings is 2. The molecule has 0 unspecified atom stereocenters. The first kappa shape index (κ1) is 17.5. The Balaban J connectivity index is 2.12. The minimum atomic E-state index is -1.01. The molecule has 0 spiro atoms. The van der Waals surface area contributed by atoms with E-state index in [1.807, 2.05) is 38.1 Å². The maximum absolute atomic E-state index is 12.3. The highest BCUT2D eigenvalue weighted by Gasteiger charge is 2.12. The first-order chi connectivity index (χ1) is 11.4. The SMILES string of the molecule is Cc1ccc(NC(=O)Cc2ccccc2OC(C)C)cc1C(=O)O. The van der Waals surface area contributed by atoms with E-state index < -0.39 is 5.97 Å². The van der Waals surface area contributed by atoms with E-state index in [2.05, 4.69) is 5.32 Å². The molecular weight excluding hydrogens is 306 g/mol. The number of carbonyl (C=O) groups is 2. The van der Waals surface area contributed by atoms with E-state index in [0.29, 0.717) is 17.0 Å². The van der Waals surface area contributed by atoms with Crippen LogP contribution in [0.3, 0.4) is 0 Å². The number of aryl methyl sites for hydroxylation is 1. The van der Waals surface area contributed by atoms with Crippen LogP contribution in [0, 0.1) is 6.92 Å². The zero-order chi connectivity index (χ0) is 17.7. The predicted molar refractivity (Wildman–Crippen MR) is 92.7 cm³/mol. The maximum atomic E-state index is 12.3. The molecular formula is C19H21NO4. The minimum absolute atomic E-state index is 0.0180. The quantitative estimate of drug-likeness (QED) is 0.849. The van der Waals surface area contributed by atoms with Crippen molar-refractivity contribution in [3.8, 4) is 5.75 Å². The van der Waals surface area contributed by atoms with Crippen LogP contribution in [0.4, 0.5) is 5.69 Å². The van der Waals surface area contributed by atoms with Crippen LogP contribution in [0.2, 0.25) is 0 Å². The average molecular weight is 327 g/mol. The third-order valence-electron chi connectivity index (χ3n) is 3.44. The van der Waals surface area contributed by atoms with Crippen LogP contribution in [-0.2, 0) is 11.2 Å². The number of rotatable bonds is 6. The molecule has 5 nitrogen and oxygen atoms in total. The standard InChI is InChI=1S/C19H21NO4/c1-12(2)24-17-7-5-4-6-14(17)10-18(21)20-15-9-8-13(3)16(11-15)19(22)23/h4-9,11-12H,10H2,1-3H3,(H,20,21)(H,22,23). The molecule has 2 aromatic rings. The largest absolute Gasteiger partial charge is 0.491 e. The zero-order valence-corrected chi connectivity index (χ0v) is 14.0. The van der Waals surface area contributed by atoms with Crippen molar-refractivity contribution < 1.29 is 19.4 Å². The Morgan fingerprint density at radius 2 is 1.88 bits per heavy atom. The normalized spacial score (nSPS) is 10.5. The molecule has 0 fully saturated rings. The van der Waals surface area contributed by atoms with E-state index in [1.165, 1.54) is 6.07 Å². The second-order valence-corrected chi connectivity index (χ2v) is 5.83. The summed E-state index contributed by atoms with van der Waals surface area (Å²) < 4.78 is 5.71. The predicted octanol–water partition coefficient (Wildman–Crippen LogP) is 3.66. The Morgan fingerprint density at radius 1 is 1.17 bits per heavy atom. The van der Waals surface area contributed by atoms with Gasteiger partial charge in [0, 0.05) is 11.3 Å². The molecule has 0 radical (unpaired) electrons. The van der Waals surface area contributed by atoms with Gasteiger partial charge in [0.2, 0.25) is 5.91 Å². The van der Waals surface area contributed by atoms with Gasteiger partial charge in [-0.15, -0.1) is 0 Å². The Kier molecular flexibility index (Phi) is 5.58. The summed E-state index contributed by atoms with van der Waals surface area (Å²) in [5, 5.41) is 11.9. The fraction of sp³-hybridized carbons (Fsp3) is 0.263. The monoisotopic (exact) mass is 327 g/mol. The van der Waals surface area contributed by atoms with Gasteiger partial charge in [-0.2, -0.15) is 0 Å². The van der Waals surface area contributed by atoms with Gasteiger partial charge in [0.1, 0.15) is 5.75 Å². The lowest BCUT2D eigenvalue weighted by atomic mass is 10.1. The van der Waals surface area contributed by atoms with Gasteiger partial charge in [-0.1, -0.05) is 24.3 Å². The van der Waals surface area contributed by atoms with Crippen molar-refractivity contribution in [3.63, 3.8) is 0 Å². The van der Waals surface area contributed by atoms with Gasteiger partial charge in [0.15, 0.2) is 0 Å². The topological polar surface area (TPSA) is 75.6 Å². The molecule has 0 bridgehead atoms. The first-order valence-corrected chi connectivity index (χ1v) is 7.75. The van der Waals surface area contributed by atoms with Gasteiger partial charge in [0.05, 0.1) is 18.1 Å². The van der Waals surface area contributed by atoms with Gasteiger partial charge in [-0.25, -0.2) is 4.79 Å². The van der Waals surface area contributed by atoms with Crippen LogP contribution in [0.15, 0.2) is 42.5 Å². The summed E-state index contributed by atoms with van der Waals surface area (Å²) >= 11 is 0. The number of ether oxygens (including phenoxy) is 1.